The number of hydrogen-bond donors (Lipinski definition) is 2. The van der Waals surface area contributed by atoms with Gasteiger partial charge in [-0.3, -0.25) is 0 Å². The van der Waals surface area contributed by atoms with Gasteiger partial charge in [0.25, 0.3) is 0 Å². The molecule has 0 heterocycles. The largest absolute Gasteiger partial charge is 0.392 e. The molecule has 4 nitrogen and oxygen atoms in total. The highest BCUT2D eigenvalue weighted by molar-refractivity contribution is 4.66. The lowest BCUT2D eigenvalue weighted by molar-refractivity contribution is -0.0398. The van der Waals surface area contributed by atoms with Crippen molar-refractivity contribution in [1.29, 1.82) is 0 Å². The third-order valence-electron chi connectivity index (χ3n) is 6.60. The van der Waals surface area contributed by atoms with Gasteiger partial charge in [-0.2, -0.15) is 0 Å². The lowest BCUT2D eigenvalue weighted by atomic mass is 10.1. The standard InChI is InChI=1S/C29H61NO3/c1-3-5-7-9-11-13-15-17-19-21-23-32-27-29(25-28(31)26-30)33-24-22-20-18-16-14-12-10-8-6-4-2/h28-29,31H,3-27,30H2,1-2H3. The zero-order valence-corrected chi connectivity index (χ0v) is 22.7. The summed E-state index contributed by atoms with van der Waals surface area (Å²) >= 11 is 0. The van der Waals surface area contributed by atoms with E-state index in [4.69, 9.17) is 15.2 Å². The summed E-state index contributed by atoms with van der Waals surface area (Å²) in [6.45, 7) is 6.97. The van der Waals surface area contributed by atoms with Crippen LogP contribution in [0.15, 0.2) is 0 Å². The molecule has 0 saturated heterocycles. The van der Waals surface area contributed by atoms with Crippen LogP contribution in [0, 0.1) is 0 Å². The van der Waals surface area contributed by atoms with E-state index in [9.17, 15) is 5.11 Å². The van der Waals surface area contributed by atoms with Crippen molar-refractivity contribution in [3.8, 4) is 0 Å². The molecule has 0 aromatic carbocycles. The highest BCUT2D eigenvalue weighted by atomic mass is 16.5. The van der Waals surface area contributed by atoms with Crippen molar-refractivity contribution in [1.82, 2.24) is 0 Å². The molecule has 0 aliphatic carbocycles. The zero-order valence-electron chi connectivity index (χ0n) is 22.7. The van der Waals surface area contributed by atoms with E-state index in [1.807, 2.05) is 0 Å². The van der Waals surface area contributed by atoms with E-state index in [0.717, 1.165) is 26.1 Å². The topological polar surface area (TPSA) is 64.7 Å². The first-order valence-electron chi connectivity index (χ1n) is 14.8. The summed E-state index contributed by atoms with van der Waals surface area (Å²) < 4.78 is 11.9. The van der Waals surface area contributed by atoms with Crippen LogP contribution in [0.1, 0.15) is 149 Å². The van der Waals surface area contributed by atoms with Crippen molar-refractivity contribution in [3.63, 3.8) is 0 Å². The maximum absolute atomic E-state index is 9.94. The number of ether oxygens (including phenoxy) is 2. The maximum atomic E-state index is 9.94. The Labute approximate surface area is 207 Å². The van der Waals surface area contributed by atoms with Gasteiger partial charge in [-0.25, -0.2) is 0 Å². The molecule has 0 bridgehead atoms. The van der Waals surface area contributed by atoms with Crippen molar-refractivity contribution >= 4 is 0 Å². The molecule has 0 saturated carbocycles. The van der Waals surface area contributed by atoms with Gasteiger partial charge in [0.2, 0.25) is 0 Å². The van der Waals surface area contributed by atoms with E-state index < -0.39 is 6.10 Å². The van der Waals surface area contributed by atoms with Crippen LogP contribution in [-0.4, -0.2) is 43.7 Å². The first-order valence-corrected chi connectivity index (χ1v) is 14.8. The first kappa shape index (κ1) is 32.8. The number of nitrogens with two attached hydrogens (primary N) is 1. The molecule has 3 N–H and O–H groups in total. The van der Waals surface area contributed by atoms with Crippen molar-refractivity contribution in [2.75, 3.05) is 26.4 Å². The van der Waals surface area contributed by atoms with Gasteiger partial charge in [-0.1, -0.05) is 129 Å². The Hall–Kier alpha value is -0.160. The molecule has 200 valence electrons. The minimum atomic E-state index is -0.497. The molecule has 33 heavy (non-hydrogen) atoms. The van der Waals surface area contributed by atoms with Crippen molar-refractivity contribution in [3.05, 3.63) is 0 Å². The summed E-state index contributed by atoms with van der Waals surface area (Å²) in [6.07, 6.45) is 26.7. The Morgan fingerprint density at radius 3 is 1.39 bits per heavy atom. The van der Waals surface area contributed by atoms with Gasteiger partial charge in [0.1, 0.15) is 0 Å². The maximum Gasteiger partial charge on any atom is 0.0833 e. The second-order valence-corrected chi connectivity index (χ2v) is 10.1. The minimum absolute atomic E-state index is 0.0368. The number of hydrogen-bond acceptors (Lipinski definition) is 4. The second kappa shape index (κ2) is 28.1. The molecule has 2 unspecified atom stereocenters. The van der Waals surface area contributed by atoms with Crippen LogP contribution < -0.4 is 5.73 Å². The van der Waals surface area contributed by atoms with Crippen molar-refractivity contribution < 1.29 is 14.6 Å². The quantitative estimate of drug-likeness (QED) is 0.114. The van der Waals surface area contributed by atoms with E-state index in [0.29, 0.717) is 13.0 Å². The fourth-order valence-electron chi connectivity index (χ4n) is 4.33. The molecule has 0 radical (unpaired) electrons. The van der Waals surface area contributed by atoms with E-state index in [-0.39, 0.29) is 12.6 Å². The highest BCUT2D eigenvalue weighted by Crippen LogP contribution is 2.13. The average Bonchev–Trinajstić information content (AvgIpc) is 2.82. The molecule has 0 aliphatic rings. The third kappa shape index (κ3) is 26.3. The van der Waals surface area contributed by atoms with E-state index >= 15 is 0 Å². The Morgan fingerprint density at radius 1 is 0.576 bits per heavy atom. The molecule has 2 atom stereocenters. The molecule has 0 aliphatic heterocycles. The Bertz CT molecular complexity index is 354. The van der Waals surface area contributed by atoms with E-state index in [2.05, 4.69) is 13.8 Å². The number of aliphatic hydroxyl groups excluding tert-OH is 1. The Morgan fingerprint density at radius 2 is 0.970 bits per heavy atom. The summed E-state index contributed by atoms with van der Waals surface area (Å²) in [5.74, 6) is 0. The predicted molar refractivity (Wildman–Crippen MR) is 144 cm³/mol. The van der Waals surface area contributed by atoms with Crippen LogP contribution in [0.4, 0.5) is 0 Å². The van der Waals surface area contributed by atoms with Crippen LogP contribution in [0.3, 0.4) is 0 Å². The van der Waals surface area contributed by atoms with Gasteiger partial charge < -0.3 is 20.3 Å². The van der Waals surface area contributed by atoms with Crippen LogP contribution in [0.2, 0.25) is 0 Å². The first-order chi connectivity index (χ1) is 16.2. The molecular weight excluding hydrogens is 410 g/mol. The molecule has 4 heteroatoms. The van der Waals surface area contributed by atoms with Crippen molar-refractivity contribution in [2.24, 2.45) is 5.73 Å². The summed E-state index contributed by atoms with van der Waals surface area (Å²) in [7, 11) is 0. The van der Waals surface area contributed by atoms with Crippen LogP contribution in [0.5, 0.6) is 0 Å². The van der Waals surface area contributed by atoms with Gasteiger partial charge in [0.05, 0.1) is 18.8 Å². The smallest absolute Gasteiger partial charge is 0.0833 e. The molecule has 0 amide bonds. The lowest BCUT2D eigenvalue weighted by Crippen LogP contribution is -2.30. The fourth-order valence-corrected chi connectivity index (χ4v) is 4.33. The number of aliphatic hydroxyl groups is 1. The number of unbranched alkanes of at least 4 members (excludes halogenated alkanes) is 18. The molecule has 0 spiro atoms. The molecule has 0 aromatic rings. The monoisotopic (exact) mass is 471 g/mol. The molecular formula is C29H61NO3. The van der Waals surface area contributed by atoms with Gasteiger partial charge in [-0.15, -0.1) is 0 Å². The normalized spacial score (nSPS) is 13.5. The van der Waals surface area contributed by atoms with Crippen LogP contribution in [-0.2, 0) is 9.47 Å². The van der Waals surface area contributed by atoms with Gasteiger partial charge in [-0.05, 0) is 12.8 Å². The van der Waals surface area contributed by atoms with Gasteiger partial charge in [0.15, 0.2) is 0 Å². The Balaban J connectivity index is 3.63. The molecule has 0 fully saturated rings. The molecule has 0 aromatic heterocycles. The minimum Gasteiger partial charge on any atom is -0.392 e. The average molecular weight is 472 g/mol. The van der Waals surface area contributed by atoms with Gasteiger partial charge in [0, 0.05) is 26.2 Å². The van der Waals surface area contributed by atoms with E-state index in [1.165, 1.54) is 116 Å². The lowest BCUT2D eigenvalue weighted by Gasteiger charge is -2.20. The fraction of sp³-hybridized carbons (Fsp3) is 1.00. The summed E-state index contributed by atoms with van der Waals surface area (Å²) in [6, 6.07) is 0. The predicted octanol–water partition coefficient (Wildman–Crippen LogP) is 7.94. The van der Waals surface area contributed by atoms with Crippen LogP contribution >= 0.6 is 0 Å². The van der Waals surface area contributed by atoms with E-state index in [1.54, 1.807) is 0 Å². The summed E-state index contributed by atoms with van der Waals surface area (Å²) in [5.41, 5.74) is 5.60. The third-order valence-corrected chi connectivity index (χ3v) is 6.60. The summed E-state index contributed by atoms with van der Waals surface area (Å²) in [4.78, 5) is 0. The second-order valence-electron chi connectivity index (χ2n) is 10.1. The van der Waals surface area contributed by atoms with Gasteiger partial charge >= 0.3 is 0 Å². The SMILES string of the molecule is CCCCCCCCCCCCOCC(CC(O)CN)OCCCCCCCCCCCC. The zero-order chi connectivity index (χ0) is 24.2. The molecule has 0 rings (SSSR count). The Kier molecular flexibility index (Phi) is 27.9. The van der Waals surface area contributed by atoms with Crippen LogP contribution in [0.25, 0.3) is 0 Å². The van der Waals surface area contributed by atoms with Crippen molar-refractivity contribution in [2.45, 2.75) is 161 Å². The summed E-state index contributed by atoms with van der Waals surface area (Å²) in [5, 5.41) is 9.94. The number of rotatable bonds is 28. The highest BCUT2D eigenvalue weighted by Gasteiger charge is 2.14.